The number of rotatable bonds is 5. The molecule has 0 radical (unpaired) electrons. The summed E-state index contributed by atoms with van der Waals surface area (Å²) in [5.74, 6) is 0.516. The van der Waals surface area contributed by atoms with E-state index in [1.54, 1.807) is 19.2 Å². The molecule has 2 saturated heterocycles. The number of nitrogens with one attached hydrogen (secondary N) is 2. The van der Waals surface area contributed by atoms with E-state index in [2.05, 4.69) is 36.5 Å². The molecular weight excluding hydrogens is 512 g/mol. The lowest BCUT2D eigenvalue weighted by molar-refractivity contribution is -0.122. The van der Waals surface area contributed by atoms with Crippen molar-refractivity contribution in [2.75, 3.05) is 50.2 Å². The van der Waals surface area contributed by atoms with Crippen LogP contribution in [0.5, 0.6) is 5.06 Å². The van der Waals surface area contributed by atoms with Crippen molar-refractivity contribution in [1.29, 1.82) is 0 Å². The SMILES string of the molecule is CN=C1COCCN1c1ccc(NC(=O)C2(NC(=O)Oc3ccc(Br)s3)CCOC2)cc1C. The first-order chi connectivity index (χ1) is 15.9. The minimum absolute atomic E-state index is 0.0727. The van der Waals surface area contributed by atoms with Crippen molar-refractivity contribution >= 4 is 56.5 Å². The number of amides is 2. The van der Waals surface area contributed by atoms with Crippen LogP contribution in [0.25, 0.3) is 0 Å². The summed E-state index contributed by atoms with van der Waals surface area (Å²) in [5, 5.41) is 6.07. The van der Waals surface area contributed by atoms with Crippen LogP contribution >= 0.6 is 27.3 Å². The lowest BCUT2D eigenvalue weighted by atomic mass is 9.97. The average molecular weight is 537 g/mol. The molecule has 3 heterocycles. The number of nitrogens with zero attached hydrogens (tertiary/aromatic N) is 2. The third kappa shape index (κ3) is 5.37. The van der Waals surface area contributed by atoms with Gasteiger partial charge in [-0.2, -0.15) is 0 Å². The largest absolute Gasteiger partial charge is 0.414 e. The lowest BCUT2D eigenvalue weighted by Crippen LogP contribution is -2.58. The van der Waals surface area contributed by atoms with E-state index < -0.39 is 11.6 Å². The molecule has 0 saturated carbocycles. The average Bonchev–Trinajstić information content (AvgIpc) is 3.43. The molecule has 2 aliphatic rings. The first-order valence-corrected chi connectivity index (χ1v) is 12.1. The molecule has 0 spiro atoms. The maximum atomic E-state index is 13.2. The van der Waals surface area contributed by atoms with Gasteiger partial charge in [-0.05, 0) is 58.7 Å². The highest BCUT2D eigenvalue weighted by Crippen LogP contribution is 2.30. The molecule has 1 aromatic heterocycles. The van der Waals surface area contributed by atoms with E-state index >= 15 is 0 Å². The fraction of sp³-hybridized carbons (Fsp3) is 0.409. The van der Waals surface area contributed by atoms with E-state index in [9.17, 15) is 9.59 Å². The van der Waals surface area contributed by atoms with Crippen LogP contribution in [0.3, 0.4) is 0 Å². The van der Waals surface area contributed by atoms with E-state index in [4.69, 9.17) is 14.2 Å². The summed E-state index contributed by atoms with van der Waals surface area (Å²) in [7, 11) is 1.75. The summed E-state index contributed by atoms with van der Waals surface area (Å²) in [6, 6.07) is 9.16. The quantitative estimate of drug-likeness (QED) is 0.605. The van der Waals surface area contributed by atoms with Gasteiger partial charge < -0.3 is 29.7 Å². The van der Waals surface area contributed by atoms with E-state index in [1.807, 2.05) is 25.1 Å². The van der Waals surface area contributed by atoms with Crippen molar-refractivity contribution < 1.29 is 23.8 Å². The Morgan fingerprint density at radius 1 is 1.24 bits per heavy atom. The van der Waals surface area contributed by atoms with Crippen molar-refractivity contribution in [3.05, 3.63) is 39.7 Å². The molecule has 2 fully saturated rings. The smallest absolute Gasteiger partial charge is 0.399 e. The number of carbonyl (C=O) groups is 2. The second-order valence-corrected chi connectivity index (χ2v) is 10.2. The zero-order chi connectivity index (χ0) is 23.4. The Bertz CT molecular complexity index is 1070. The molecule has 1 atom stereocenters. The number of aliphatic imine (C=N–C) groups is 1. The van der Waals surface area contributed by atoms with Gasteiger partial charge in [-0.15, -0.1) is 0 Å². The van der Waals surface area contributed by atoms with Gasteiger partial charge in [-0.1, -0.05) is 11.3 Å². The Kier molecular flexibility index (Phi) is 7.32. The minimum Gasteiger partial charge on any atom is -0.399 e. The molecule has 0 bridgehead atoms. The summed E-state index contributed by atoms with van der Waals surface area (Å²) < 4.78 is 17.1. The highest BCUT2D eigenvalue weighted by atomic mass is 79.9. The van der Waals surface area contributed by atoms with Gasteiger partial charge >= 0.3 is 6.09 Å². The van der Waals surface area contributed by atoms with Gasteiger partial charge in [-0.3, -0.25) is 9.79 Å². The normalized spacial score (nSPS) is 21.8. The predicted molar refractivity (Wildman–Crippen MR) is 131 cm³/mol. The number of aryl methyl sites for hydroxylation is 1. The lowest BCUT2D eigenvalue weighted by Gasteiger charge is -2.31. The number of halogens is 1. The van der Waals surface area contributed by atoms with Gasteiger partial charge in [0.2, 0.25) is 0 Å². The molecule has 2 aliphatic heterocycles. The molecule has 9 nitrogen and oxygen atoms in total. The Labute approximate surface area is 204 Å². The second-order valence-electron chi connectivity index (χ2n) is 7.76. The number of carbonyl (C=O) groups excluding carboxylic acids is 2. The monoisotopic (exact) mass is 536 g/mol. The molecule has 4 rings (SSSR count). The highest BCUT2D eigenvalue weighted by molar-refractivity contribution is 9.11. The van der Waals surface area contributed by atoms with Crippen LogP contribution in [0.2, 0.25) is 0 Å². The van der Waals surface area contributed by atoms with Crippen molar-refractivity contribution in [3.63, 3.8) is 0 Å². The number of anilines is 2. The van der Waals surface area contributed by atoms with Crippen LogP contribution in [0.15, 0.2) is 39.1 Å². The fourth-order valence-electron chi connectivity index (χ4n) is 3.82. The summed E-state index contributed by atoms with van der Waals surface area (Å²) in [6.45, 7) is 4.24. The standard InChI is InChI=1S/C22H25BrN4O5S/c1-14-11-15(3-4-16(14)27-8-10-30-12-18(27)24-2)25-20(28)22(7-9-31-13-22)26-21(29)32-19-6-5-17(23)33-19/h3-6,11H,7-10,12-13H2,1-2H3,(H,25,28)(H,26,29). The maximum absolute atomic E-state index is 13.2. The summed E-state index contributed by atoms with van der Waals surface area (Å²) in [4.78, 5) is 32.1. The maximum Gasteiger partial charge on any atom is 0.414 e. The summed E-state index contributed by atoms with van der Waals surface area (Å²) >= 11 is 4.61. The Hall–Kier alpha value is -2.47. The second kappa shape index (κ2) is 10.2. The van der Waals surface area contributed by atoms with Crippen molar-refractivity contribution in [2.24, 2.45) is 4.99 Å². The van der Waals surface area contributed by atoms with Crippen LogP contribution < -0.4 is 20.3 Å². The van der Waals surface area contributed by atoms with Gasteiger partial charge in [-0.25, -0.2) is 4.79 Å². The Morgan fingerprint density at radius 2 is 2.09 bits per heavy atom. The zero-order valence-corrected chi connectivity index (χ0v) is 20.8. The third-order valence-electron chi connectivity index (χ3n) is 5.54. The van der Waals surface area contributed by atoms with E-state index in [0.29, 0.717) is 43.5 Å². The predicted octanol–water partition coefficient (Wildman–Crippen LogP) is 3.57. The van der Waals surface area contributed by atoms with Gasteiger partial charge in [0.15, 0.2) is 5.06 Å². The van der Waals surface area contributed by atoms with Gasteiger partial charge in [0.25, 0.3) is 5.91 Å². The van der Waals surface area contributed by atoms with Crippen molar-refractivity contribution in [3.8, 4) is 5.06 Å². The fourth-order valence-corrected chi connectivity index (χ4v) is 5.01. The number of hydrogen-bond donors (Lipinski definition) is 2. The first-order valence-electron chi connectivity index (χ1n) is 10.5. The van der Waals surface area contributed by atoms with E-state index in [-0.39, 0.29) is 12.5 Å². The van der Waals surface area contributed by atoms with Crippen LogP contribution in [0, 0.1) is 6.92 Å². The summed E-state index contributed by atoms with van der Waals surface area (Å²) in [5.41, 5.74) is 1.43. The molecular formula is C22H25BrN4O5S. The number of thiophene rings is 1. The molecule has 11 heteroatoms. The molecule has 2 aromatic rings. The number of ether oxygens (including phenoxy) is 3. The molecule has 176 valence electrons. The van der Waals surface area contributed by atoms with Crippen LogP contribution in [0.4, 0.5) is 16.2 Å². The number of morpholine rings is 1. The first kappa shape index (κ1) is 23.7. The number of amidine groups is 1. The van der Waals surface area contributed by atoms with Gasteiger partial charge in [0.05, 0.1) is 17.0 Å². The molecule has 33 heavy (non-hydrogen) atoms. The molecule has 0 aliphatic carbocycles. The van der Waals surface area contributed by atoms with Gasteiger partial charge in [0.1, 0.15) is 18.0 Å². The van der Waals surface area contributed by atoms with Crippen LogP contribution in [0.1, 0.15) is 12.0 Å². The number of hydrogen-bond acceptors (Lipinski definition) is 7. The molecule has 2 N–H and O–H groups in total. The molecule has 2 amide bonds. The van der Waals surface area contributed by atoms with Crippen LogP contribution in [-0.4, -0.2) is 63.4 Å². The van der Waals surface area contributed by atoms with Crippen molar-refractivity contribution in [2.45, 2.75) is 18.9 Å². The Morgan fingerprint density at radius 3 is 2.76 bits per heavy atom. The minimum atomic E-state index is -1.20. The third-order valence-corrected chi connectivity index (χ3v) is 7.05. The van der Waals surface area contributed by atoms with Crippen molar-refractivity contribution in [1.82, 2.24) is 5.32 Å². The Balaban J connectivity index is 1.46. The summed E-state index contributed by atoms with van der Waals surface area (Å²) in [6.07, 6.45) is -0.348. The molecule has 1 unspecified atom stereocenters. The van der Waals surface area contributed by atoms with Crippen LogP contribution in [-0.2, 0) is 14.3 Å². The number of benzene rings is 1. The highest BCUT2D eigenvalue weighted by Gasteiger charge is 2.44. The van der Waals surface area contributed by atoms with E-state index in [1.165, 1.54) is 11.3 Å². The zero-order valence-electron chi connectivity index (χ0n) is 18.4. The van der Waals surface area contributed by atoms with Gasteiger partial charge in [0, 0.05) is 38.0 Å². The van der Waals surface area contributed by atoms with E-state index in [0.717, 1.165) is 20.9 Å². The molecule has 1 aromatic carbocycles. The topological polar surface area (TPSA) is 101 Å².